The molecule has 0 saturated carbocycles. The van der Waals surface area contributed by atoms with E-state index in [1.807, 2.05) is 0 Å². The summed E-state index contributed by atoms with van der Waals surface area (Å²) in [6, 6.07) is 8.19. The number of aryl methyl sites for hydroxylation is 1. The summed E-state index contributed by atoms with van der Waals surface area (Å²) in [5.41, 5.74) is 6.92. The number of nitrogens with zero attached hydrogens (tertiary/aromatic N) is 1. The highest BCUT2D eigenvalue weighted by molar-refractivity contribution is 7.84. The van der Waals surface area contributed by atoms with E-state index in [0.29, 0.717) is 16.1 Å². The zero-order valence-corrected chi connectivity index (χ0v) is 12.0. The molecule has 0 amide bonds. The molecule has 0 fully saturated rings. The highest BCUT2D eigenvalue weighted by Gasteiger charge is 2.14. The molecule has 0 radical (unpaired) electrons. The lowest BCUT2D eigenvalue weighted by Crippen LogP contribution is -2.01. The van der Waals surface area contributed by atoms with Crippen LogP contribution in [0.25, 0.3) is 0 Å². The molecule has 21 heavy (non-hydrogen) atoms. The molecule has 0 aromatic heterocycles. The third kappa shape index (κ3) is 3.63. The van der Waals surface area contributed by atoms with Gasteiger partial charge in [-0.05, 0) is 42.3 Å². The third-order valence-corrected chi connectivity index (χ3v) is 4.44. The molecule has 1 unspecified atom stereocenters. The van der Waals surface area contributed by atoms with Gasteiger partial charge in [0.2, 0.25) is 0 Å². The third-order valence-electron chi connectivity index (χ3n) is 2.90. The second-order valence-electron chi connectivity index (χ2n) is 4.59. The summed E-state index contributed by atoms with van der Waals surface area (Å²) in [6.45, 7) is 1.78. The van der Waals surface area contributed by atoms with E-state index in [1.54, 1.807) is 25.1 Å². The molecular weight excluding hydrogens is 295 g/mol. The number of rotatable bonds is 4. The molecule has 2 N–H and O–H groups in total. The van der Waals surface area contributed by atoms with E-state index >= 15 is 0 Å². The predicted molar refractivity (Wildman–Crippen MR) is 78.8 cm³/mol. The zero-order chi connectivity index (χ0) is 15.6. The van der Waals surface area contributed by atoms with Crippen LogP contribution < -0.4 is 5.73 Å². The van der Waals surface area contributed by atoms with Crippen molar-refractivity contribution >= 4 is 22.2 Å². The number of nitrogens with two attached hydrogens (primary N) is 1. The van der Waals surface area contributed by atoms with Gasteiger partial charge in [-0.15, -0.1) is 0 Å². The van der Waals surface area contributed by atoms with Crippen molar-refractivity contribution in [2.24, 2.45) is 0 Å². The highest BCUT2D eigenvalue weighted by atomic mass is 32.2. The maximum atomic E-state index is 13.4. The first-order valence-electron chi connectivity index (χ1n) is 6.05. The molecule has 2 aromatic carbocycles. The van der Waals surface area contributed by atoms with E-state index in [4.69, 9.17) is 5.73 Å². The number of nitro benzene ring substituents is 1. The first-order valence-corrected chi connectivity index (χ1v) is 7.37. The summed E-state index contributed by atoms with van der Waals surface area (Å²) in [4.78, 5) is 10.6. The number of hydrogen-bond acceptors (Lipinski definition) is 4. The Hall–Kier alpha value is -2.28. The van der Waals surface area contributed by atoms with Gasteiger partial charge in [0.25, 0.3) is 5.69 Å². The second kappa shape index (κ2) is 6.01. The molecule has 1 atom stereocenters. The predicted octanol–water partition coefficient (Wildman–Crippen LogP) is 2.93. The van der Waals surface area contributed by atoms with E-state index < -0.39 is 21.5 Å². The Morgan fingerprint density at radius 2 is 2.00 bits per heavy atom. The van der Waals surface area contributed by atoms with Gasteiger partial charge >= 0.3 is 0 Å². The zero-order valence-electron chi connectivity index (χ0n) is 11.2. The van der Waals surface area contributed by atoms with Crippen molar-refractivity contribution in [2.75, 3.05) is 5.73 Å². The molecule has 2 rings (SSSR count). The van der Waals surface area contributed by atoms with Crippen molar-refractivity contribution in [3.8, 4) is 0 Å². The second-order valence-corrected chi connectivity index (χ2v) is 6.01. The summed E-state index contributed by atoms with van der Waals surface area (Å²) in [7, 11) is -1.43. The van der Waals surface area contributed by atoms with E-state index in [1.165, 1.54) is 6.07 Å². The van der Waals surface area contributed by atoms with Gasteiger partial charge in [0, 0.05) is 16.6 Å². The molecule has 7 heteroatoms. The molecule has 0 heterocycles. The average Bonchev–Trinajstić information content (AvgIpc) is 2.37. The van der Waals surface area contributed by atoms with E-state index in [9.17, 15) is 18.7 Å². The molecule has 5 nitrogen and oxygen atoms in total. The number of halogens is 1. The normalized spacial score (nSPS) is 12.1. The Bertz CT molecular complexity index is 734. The van der Waals surface area contributed by atoms with Crippen LogP contribution in [0, 0.1) is 22.9 Å². The minimum atomic E-state index is -1.43. The Morgan fingerprint density at radius 3 is 2.62 bits per heavy atom. The molecule has 0 aliphatic heterocycles. The van der Waals surface area contributed by atoms with Crippen LogP contribution in [0.4, 0.5) is 15.8 Å². The minimum absolute atomic E-state index is 0.00333. The summed E-state index contributed by atoms with van der Waals surface area (Å²) in [6.07, 6.45) is 0. The highest BCUT2D eigenvalue weighted by Crippen LogP contribution is 2.22. The van der Waals surface area contributed by atoms with Gasteiger partial charge in [-0.1, -0.05) is 0 Å². The number of hydrogen-bond donors (Lipinski definition) is 1. The van der Waals surface area contributed by atoms with Gasteiger partial charge < -0.3 is 5.73 Å². The van der Waals surface area contributed by atoms with Gasteiger partial charge in [0.15, 0.2) is 0 Å². The lowest BCUT2D eigenvalue weighted by molar-refractivity contribution is -0.385. The standard InChI is InChI=1S/C14H13FN2O3S/c1-9-4-12(16)2-3-14(9)21(20)8-10-5-11(15)7-13(6-10)17(18)19/h2-7H,8,16H2,1H3. The lowest BCUT2D eigenvalue weighted by Gasteiger charge is -2.07. The van der Waals surface area contributed by atoms with Crippen LogP contribution in [0.2, 0.25) is 0 Å². The van der Waals surface area contributed by atoms with Gasteiger partial charge in [0.1, 0.15) is 5.82 Å². The first kappa shape index (κ1) is 15.1. The summed E-state index contributed by atoms with van der Waals surface area (Å²) < 4.78 is 25.7. The molecule has 110 valence electrons. The van der Waals surface area contributed by atoms with E-state index in [-0.39, 0.29) is 11.4 Å². The molecule has 0 aliphatic carbocycles. The lowest BCUT2D eigenvalue weighted by atomic mass is 10.2. The smallest absolute Gasteiger partial charge is 0.272 e. The Kier molecular flexibility index (Phi) is 4.32. The molecule has 0 spiro atoms. The fourth-order valence-corrected chi connectivity index (χ4v) is 3.24. The van der Waals surface area contributed by atoms with Crippen LogP contribution >= 0.6 is 0 Å². The largest absolute Gasteiger partial charge is 0.399 e. The quantitative estimate of drug-likeness (QED) is 0.534. The number of non-ortho nitro benzene ring substituents is 1. The van der Waals surface area contributed by atoms with Crippen LogP contribution in [-0.2, 0) is 16.6 Å². The Labute approximate surface area is 123 Å². The van der Waals surface area contributed by atoms with Crippen molar-refractivity contribution in [3.63, 3.8) is 0 Å². The first-order chi connectivity index (χ1) is 9.86. The molecule has 0 saturated heterocycles. The van der Waals surface area contributed by atoms with E-state index in [0.717, 1.165) is 17.7 Å². The number of anilines is 1. The van der Waals surface area contributed by atoms with Crippen LogP contribution in [0.15, 0.2) is 41.3 Å². The van der Waals surface area contributed by atoms with Gasteiger partial charge in [-0.25, -0.2) is 4.39 Å². The van der Waals surface area contributed by atoms with E-state index in [2.05, 4.69) is 0 Å². The van der Waals surface area contributed by atoms with Gasteiger partial charge in [-0.2, -0.15) is 0 Å². The van der Waals surface area contributed by atoms with Crippen LogP contribution in [0.3, 0.4) is 0 Å². The maximum absolute atomic E-state index is 13.4. The molecule has 0 bridgehead atoms. The Balaban J connectivity index is 2.29. The van der Waals surface area contributed by atoms with Crippen LogP contribution in [-0.4, -0.2) is 9.13 Å². The summed E-state index contributed by atoms with van der Waals surface area (Å²) in [5.74, 6) is -0.714. The Morgan fingerprint density at radius 1 is 1.29 bits per heavy atom. The van der Waals surface area contributed by atoms with Crippen molar-refractivity contribution in [1.29, 1.82) is 0 Å². The molecular formula is C14H13FN2O3S. The van der Waals surface area contributed by atoms with Gasteiger partial charge in [0.05, 0.1) is 27.5 Å². The molecule has 0 aliphatic rings. The number of nitrogen functional groups attached to an aromatic ring is 1. The SMILES string of the molecule is Cc1cc(N)ccc1S(=O)Cc1cc(F)cc([N+](=O)[O-])c1. The average molecular weight is 308 g/mol. The van der Waals surface area contributed by atoms with Crippen molar-refractivity contribution in [2.45, 2.75) is 17.6 Å². The minimum Gasteiger partial charge on any atom is -0.399 e. The van der Waals surface area contributed by atoms with Crippen molar-refractivity contribution in [3.05, 3.63) is 63.5 Å². The fraction of sp³-hybridized carbons (Fsp3) is 0.143. The van der Waals surface area contributed by atoms with Crippen molar-refractivity contribution < 1.29 is 13.5 Å². The van der Waals surface area contributed by atoms with Crippen molar-refractivity contribution in [1.82, 2.24) is 0 Å². The summed E-state index contributed by atoms with van der Waals surface area (Å²) >= 11 is 0. The molecule has 2 aromatic rings. The monoisotopic (exact) mass is 308 g/mol. The number of nitro groups is 1. The fourth-order valence-electron chi connectivity index (χ4n) is 1.98. The maximum Gasteiger partial charge on any atom is 0.272 e. The topological polar surface area (TPSA) is 86.2 Å². The van der Waals surface area contributed by atoms with Crippen LogP contribution in [0.5, 0.6) is 0 Å². The van der Waals surface area contributed by atoms with Crippen LogP contribution in [0.1, 0.15) is 11.1 Å². The number of benzene rings is 2. The van der Waals surface area contributed by atoms with Gasteiger partial charge in [-0.3, -0.25) is 14.3 Å². The summed E-state index contributed by atoms with van der Waals surface area (Å²) in [5, 5.41) is 10.7.